The molecule has 2 aromatic heterocycles. The molecule has 0 spiro atoms. The van der Waals surface area contributed by atoms with Crippen LogP contribution in [0, 0.1) is 12.8 Å². The van der Waals surface area contributed by atoms with Gasteiger partial charge >= 0.3 is 0 Å². The van der Waals surface area contributed by atoms with Gasteiger partial charge in [-0.15, -0.1) is 0 Å². The quantitative estimate of drug-likeness (QED) is 0.576. The molecule has 2 saturated heterocycles. The smallest absolute Gasteiger partial charge is 0.263 e. The van der Waals surface area contributed by atoms with E-state index >= 15 is 0 Å². The maximum absolute atomic E-state index is 13.4. The summed E-state index contributed by atoms with van der Waals surface area (Å²) in [5.74, 6) is 2.66. The first-order chi connectivity index (χ1) is 16.7. The number of amides is 1. The maximum Gasteiger partial charge on any atom is 0.263 e. The first-order valence-corrected chi connectivity index (χ1v) is 11.9. The number of fused-ring (bicyclic) bond motifs is 2. The number of aromatic nitrogens is 3. The third-order valence-corrected chi connectivity index (χ3v) is 7.02. The summed E-state index contributed by atoms with van der Waals surface area (Å²) in [4.78, 5) is 28.7. The first-order valence-electron chi connectivity index (χ1n) is 11.9. The average molecular weight is 465 g/mol. The fraction of sp³-hybridized carbons (Fsp3) is 0.500. The predicted octanol–water partition coefficient (Wildman–Crippen LogP) is 2.22. The van der Waals surface area contributed by atoms with Crippen molar-refractivity contribution in [3.8, 4) is 11.5 Å². The molecule has 1 amide bonds. The average Bonchev–Trinajstić information content (AvgIpc) is 3.50. The van der Waals surface area contributed by atoms with Crippen LogP contribution in [0.15, 0.2) is 29.0 Å². The van der Waals surface area contributed by atoms with Gasteiger partial charge in [-0.2, -0.15) is 4.98 Å². The molecular weight excluding hydrogens is 436 g/mol. The van der Waals surface area contributed by atoms with Crippen molar-refractivity contribution in [1.29, 1.82) is 0 Å². The number of aryl methyl sites for hydroxylation is 1. The Hall–Kier alpha value is -3.40. The van der Waals surface area contributed by atoms with Crippen molar-refractivity contribution >= 4 is 22.8 Å². The molecular formula is C24H28N6O4. The van der Waals surface area contributed by atoms with Crippen molar-refractivity contribution in [2.24, 2.45) is 5.92 Å². The second-order valence-electron chi connectivity index (χ2n) is 9.22. The molecule has 0 unspecified atom stereocenters. The van der Waals surface area contributed by atoms with Crippen LogP contribution in [-0.4, -0.2) is 76.9 Å². The van der Waals surface area contributed by atoms with E-state index in [1.807, 2.05) is 17.9 Å². The van der Waals surface area contributed by atoms with Crippen LogP contribution in [0.1, 0.15) is 24.1 Å². The first kappa shape index (κ1) is 21.2. The van der Waals surface area contributed by atoms with Gasteiger partial charge in [0.15, 0.2) is 11.5 Å². The van der Waals surface area contributed by atoms with Crippen LogP contribution in [0.5, 0.6) is 11.5 Å². The van der Waals surface area contributed by atoms with E-state index < -0.39 is 0 Å². The van der Waals surface area contributed by atoms with Crippen LogP contribution < -0.4 is 14.4 Å². The number of rotatable bonds is 4. The van der Waals surface area contributed by atoms with Crippen LogP contribution in [0.4, 0.5) is 5.82 Å². The molecule has 3 aromatic rings. The van der Waals surface area contributed by atoms with Gasteiger partial charge in [0.25, 0.3) is 5.71 Å². The summed E-state index contributed by atoms with van der Waals surface area (Å²) < 4.78 is 16.2. The fourth-order valence-corrected chi connectivity index (χ4v) is 5.20. The monoisotopic (exact) mass is 464 g/mol. The van der Waals surface area contributed by atoms with E-state index in [0.29, 0.717) is 19.1 Å². The van der Waals surface area contributed by atoms with Crippen LogP contribution in [0.25, 0.3) is 11.1 Å². The zero-order valence-electron chi connectivity index (χ0n) is 19.3. The van der Waals surface area contributed by atoms with E-state index in [-0.39, 0.29) is 11.8 Å². The summed E-state index contributed by atoms with van der Waals surface area (Å²) in [5.41, 5.74) is 2.47. The Balaban J connectivity index is 1.07. The van der Waals surface area contributed by atoms with E-state index in [2.05, 4.69) is 37.1 Å². The molecule has 2 fully saturated rings. The van der Waals surface area contributed by atoms with Crippen molar-refractivity contribution < 1.29 is 18.8 Å². The Morgan fingerprint density at radius 3 is 2.82 bits per heavy atom. The van der Waals surface area contributed by atoms with Gasteiger partial charge in [-0.3, -0.25) is 9.69 Å². The molecule has 0 radical (unpaired) electrons. The molecule has 6 rings (SSSR count). The lowest BCUT2D eigenvalue weighted by atomic mass is 9.96. The predicted molar refractivity (Wildman–Crippen MR) is 124 cm³/mol. The highest BCUT2D eigenvalue weighted by Gasteiger charge is 2.32. The van der Waals surface area contributed by atoms with E-state index in [1.54, 1.807) is 0 Å². The molecule has 34 heavy (non-hydrogen) atoms. The van der Waals surface area contributed by atoms with Gasteiger partial charge in [0.05, 0.1) is 11.6 Å². The van der Waals surface area contributed by atoms with Gasteiger partial charge in [0, 0.05) is 45.8 Å². The summed E-state index contributed by atoms with van der Waals surface area (Å²) in [5, 5.41) is 4.88. The standard InChI is InChI=1S/C24H28N6O4/c1-16-21-22(25-14-26-23(21)34-27-16)30-6-2-3-18(13-30)24(31)29-9-7-28(8-10-29)12-17-4-5-19-20(11-17)33-15-32-19/h4-5,11,14,18H,2-3,6-10,12-13,15H2,1H3/t18-/m0/s1. The summed E-state index contributed by atoms with van der Waals surface area (Å²) >= 11 is 0. The maximum atomic E-state index is 13.4. The minimum atomic E-state index is -0.0284. The fourth-order valence-electron chi connectivity index (χ4n) is 5.20. The number of benzene rings is 1. The highest BCUT2D eigenvalue weighted by atomic mass is 16.7. The molecule has 1 atom stereocenters. The molecule has 10 heteroatoms. The Bertz CT molecular complexity index is 1210. The Morgan fingerprint density at radius 1 is 1.09 bits per heavy atom. The summed E-state index contributed by atoms with van der Waals surface area (Å²) in [6.07, 6.45) is 3.37. The van der Waals surface area contributed by atoms with Crippen molar-refractivity contribution in [3.05, 3.63) is 35.8 Å². The number of hydrogen-bond donors (Lipinski definition) is 0. The Labute approximate surface area is 197 Å². The molecule has 0 saturated carbocycles. The van der Waals surface area contributed by atoms with Gasteiger partial charge in [0.1, 0.15) is 17.5 Å². The third-order valence-electron chi connectivity index (χ3n) is 7.02. The molecule has 10 nitrogen and oxygen atoms in total. The van der Waals surface area contributed by atoms with Crippen molar-refractivity contribution in [2.75, 3.05) is 51.0 Å². The van der Waals surface area contributed by atoms with Crippen molar-refractivity contribution in [2.45, 2.75) is 26.3 Å². The van der Waals surface area contributed by atoms with E-state index in [1.165, 1.54) is 11.9 Å². The lowest BCUT2D eigenvalue weighted by Crippen LogP contribution is -2.52. The van der Waals surface area contributed by atoms with Gasteiger partial charge < -0.3 is 23.8 Å². The molecule has 0 N–H and O–H groups in total. The van der Waals surface area contributed by atoms with E-state index in [0.717, 1.165) is 80.5 Å². The largest absolute Gasteiger partial charge is 0.454 e. The molecule has 0 bridgehead atoms. The van der Waals surface area contributed by atoms with Gasteiger partial charge in [0.2, 0.25) is 12.7 Å². The Kier molecular flexibility index (Phi) is 5.44. The minimum Gasteiger partial charge on any atom is -0.454 e. The molecule has 0 aliphatic carbocycles. The van der Waals surface area contributed by atoms with Gasteiger partial charge in [-0.05, 0) is 37.5 Å². The normalized spacial score (nSPS) is 20.8. The summed E-state index contributed by atoms with van der Waals surface area (Å²) in [6.45, 7) is 7.79. The van der Waals surface area contributed by atoms with Crippen LogP contribution in [-0.2, 0) is 11.3 Å². The zero-order valence-corrected chi connectivity index (χ0v) is 19.3. The second-order valence-corrected chi connectivity index (χ2v) is 9.22. The number of piperazine rings is 1. The lowest BCUT2D eigenvalue weighted by Gasteiger charge is -2.39. The molecule has 5 heterocycles. The Morgan fingerprint density at radius 2 is 1.94 bits per heavy atom. The molecule has 1 aromatic carbocycles. The zero-order chi connectivity index (χ0) is 23.1. The number of carbonyl (C=O) groups is 1. The number of hydrogen-bond acceptors (Lipinski definition) is 9. The minimum absolute atomic E-state index is 0.0284. The molecule has 178 valence electrons. The lowest BCUT2D eigenvalue weighted by molar-refractivity contribution is -0.137. The van der Waals surface area contributed by atoms with Crippen molar-refractivity contribution in [1.82, 2.24) is 24.9 Å². The number of carbonyl (C=O) groups excluding carboxylic acids is 1. The van der Waals surface area contributed by atoms with E-state index in [4.69, 9.17) is 14.0 Å². The van der Waals surface area contributed by atoms with Crippen LogP contribution in [0.2, 0.25) is 0 Å². The highest BCUT2D eigenvalue weighted by molar-refractivity contribution is 5.88. The van der Waals surface area contributed by atoms with Crippen LogP contribution >= 0.6 is 0 Å². The highest BCUT2D eigenvalue weighted by Crippen LogP contribution is 2.33. The number of nitrogens with zero attached hydrogens (tertiary/aromatic N) is 6. The van der Waals surface area contributed by atoms with Crippen molar-refractivity contribution in [3.63, 3.8) is 0 Å². The second kappa shape index (κ2) is 8.75. The number of ether oxygens (including phenoxy) is 2. The third kappa shape index (κ3) is 3.91. The summed E-state index contributed by atoms with van der Waals surface area (Å²) in [7, 11) is 0. The van der Waals surface area contributed by atoms with Gasteiger partial charge in [-0.25, -0.2) is 4.98 Å². The van der Waals surface area contributed by atoms with Gasteiger partial charge in [-0.1, -0.05) is 11.2 Å². The van der Waals surface area contributed by atoms with E-state index in [9.17, 15) is 4.79 Å². The van der Waals surface area contributed by atoms with Crippen LogP contribution in [0.3, 0.4) is 0 Å². The SMILES string of the molecule is Cc1noc2ncnc(N3CCC[C@H](C(=O)N4CCN(Cc5ccc6c(c5)OCO6)CC4)C3)c12. The topological polar surface area (TPSA) is 97.1 Å². The molecule has 3 aliphatic rings. The number of piperidine rings is 1. The summed E-state index contributed by atoms with van der Waals surface area (Å²) in [6, 6.07) is 6.11. The number of anilines is 1. The molecule has 3 aliphatic heterocycles.